The molecule has 1 aliphatic heterocycles. The molecule has 0 saturated heterocycles. The van der Waals surface area contributed by atoms with E-state index in [0.717, 1.165) is 28.2 Å². The maximum atomic E-state index is 14.4. The summed E-state index contributed by atoms with van der Waals surface area (Å²) in [6.45, 7) is -0.201. The second kappa shape index (κ2) is 10.6. The second-order valence-corrected chi connectivity index (χ2v) is 9.32. The largest absolute Gasteiger partial charge is 0.465 e. The van der Waals surface area contributed by atoms with E-state index in [1.165, 1.54) is 7.05 Å². The summed E-state index contributed by atoms with van der Waals surface area (Å²) in [5, 5.41) is 9.29. The summed E-state index contributed by atoms with van der Waals surface area (Å²) in [5.41, 5.74) is 9.10. The summed E-state index contributed by atoms with van der Waals surface area (Å²) in [5.74, 6) is -3.61. The highest BCUT2D eigenvalue weighted by molar-refractivity contribution is 6.06. The molecule has 0 saturated carbocycles. The molecule has 0 bridgehead atoms. The number of likely N-dealkylation sites (N-methyl/N-ethyl adjacent to an activating group) is 1. The molecule has 204 valence electrons. The van der Waals surface area contributed by atoms with Crippen LogP contribution in [0.4, 0.5) is 19.5 Å². The first-order valence-electron chi connectivity index (χ1n) is 12.1. The molecule has 5 rings (SSSR count). The maximum Gasteiger partial charge on any atom is 0.407 e. The van der Waals surface area contributed by atoms with Crippen LogP contribution in [0.1, 0.15) is 27.2 Å². The van der Waals surface area contributed by atoms with E-state index >= 15 is 0 Å². The van der Waals surface area contributed by atoms with Gasteiger partial charge in [0.2, 0.25) is 5.95 Å². The van der Waals surface area contributed by atoms with E-state index in [1.807, 2.05) is 24.3 Å². The average molecular weight is 548 g/mol. The van der Waals surface area contributed by atoms with Gasteiger partial charge in [0, 0.05) is 31.1 Å². The maximum absolute atomic E-state index is 14.4. The van der Waals surface area contributed by atoms with Crippen LogP contribution < -0.4 is 5.73 Å². The van der Waals surface area contributed by atoms with Crippen molar-refractivity contribution in [1.29, 1.82) is 0 Å². The minimum atomic E-state index is -1.33. The van der Waals surface area contributed by atoms with Gasteiger partial charge in [0.1, 0.15) is 18.8 Å². The highest BCUT2D eigenvalue weighted by atomic mass is 19.2. The molecule has 2 heterocycles. The first-order chi connectivity index (χ1) is 19.1. The van der Waals surface area contributed by atoms with Gasteiger partial charge in [0.05, 0.1) is 5.52 Å². The summed E-state index contributed by atoms with van der Waals surface area (Å²) in [7, 11) is 1.19. The number of ether oxygens (including phenoxy) is 1. The molecular formula is C28H23F2N5O5. The zero-order valence-electron chi connectivity index (χ0n) is 21.2. The third-order valence-electron chi connectivity index (χ3n) is 6.58. The summed E-state index contributed by atoms with van der Waals surface area (Å²) in [6, 6.07) is 14.3. The van der Waals surface area contributed by atoms with Crippen molar-refractivity contribution in [2.24, 2.45) is 0 Å². The van der Waals surface area contributed by atoms with Crippen molar-refractivity contribution in [2.75, 3.05) is 19.3 Å². The summed E-state index contributed by atoms with van der Waals surface area (Å²) < 4.78 is 33.7. The number of halogens is 2. The minimum Gasteiger partial charge on any atom is -0.465 e. The van der Waals surface area contributed by atoms with E-state index in [1.54, 1.807) is 23.1 Å². The lowest BCUT2D eigenvalue weighted by atomic mass is 9.97. The Hall–Kier alpha value is -5.13. The molecule has 0 atom stereocenters. The molecule has 3 N–H and O–H groups in total. The van der Waals surface area contributed by atoms with Crippen LogP contribution in [0.15, 0.2) is 54.6 Å². The zero-order chi connectivity index (χ0) is 28.6. The fourth-order valence-corrected chi connectivity index (χ4v) is 4.54. The first kappa shape index (κ1) is 26.5. The quantitative estimate of drug-likeness (QED) is 0.346. The SMILES string of the molecule is CN(CC(=O)OCc1cc(F)c(F)cc1-c1ccc2nc(N)nc(C(=O)N3Cc4ccccc4C3)c2c1)C(=O)O. The van der Waals surface area contributed by atoms with Crippen molar-refractivity contribution in [3.05, 3.63) is 88.6 Å². The van der Waals surface area contributed by atoms with E-state index in [0.29, 0.717) is 29.6 Å². The molecule has 12 heteroatoms. The summed E-state index contributed by atoms with van der Waals surface area (Å²) in [4.78, 5) is 47.4. The molecule has 1 aliphatic rings. The minimum absolute atomic E-state index is 0.0597. The number of rotatable bonds is 6. The van der Waals surface area contributed by atoms with Gasteiger partial charge in [-0.3, -0.25) is 9.59 Å². The number of nitrogen functional groups attached to an aromatic ring is 1. The number of nitrogens with zero attached hydrogens (tertiary/aromatic N) is 4. The lowest BCUT2D eigenvalue weighted by Gasteiger charge is -2.17. The molecule has 0 radical (unpaired) electrons. The third kappa shape index (κ3) is 5.23. The number of carboxylic acid groups (broad SMARTS) is 1. The van der Waals surface area contributed by atoms with Crippen LogP contribution in [-0.2, 0) is 29.2 Å². The van der Waals surface area contributed by atoms with E-state index in [2.05, 4.69) is 9.97 Å². The number of amides is 2. The second-order valence-electron chi connectivity index (χ2n) is 9.32. The lowest BCUT2D eigenvalue weighted by Crippen LogP contribution is -2.31. The van der Waals surface area contributed by atoms with Gasteiger partial charge in [-0.2, -0.15) is 0 Å². The number of carbonyl (C=O) groups is 3. The number of hydrogen-bond donors (Lipinski definition) is 2. The number of nitrogens with two attached hydrogens (primary N) is 1. The molecule has 1 aromatic heterocycles. The monoisotopic (exact) mass is 547 g/mol. The smallest absolute Gasteiger partial charge is 0.407 e. The molecule has 0 spiro atoms. The number of carbonyl (C=O) groups excluding carboxylic acids is 2. The molecule has 0 unspecified atom stereocenters. The van der Waals surface area contributed by atoms with Crippen LogP contribution in [0, 0.1) is 11.6 Å². The number of fused-ring (bicyclic) bond motifs is 2. The topological polar surface area (TPSA) is 139 Å². The van der Waals surface area contributed by atoms with Gasteiger partial charge in [0.15, 0.2) is 11.6 Å². The van der Waals surface area contributed by atoms with Crippen LogP contribution in [0.5, 0.6) is 0 Å². The van der Waals surface area contributed by atoms with Crippen LogP contribution >= 0.6 is 0 Å². The number of benzene rings is 3. The highest BCUT2D eigenvalue weighted by Gasteiger charge is 2.27. The predicted octanol–water partition coefficient (Wildman–Crippen LogP) is 3.97. The van der Waals surface area contributed by atoms with Crippen LogP contribution in [-0.4, -0.2) is 56.4 Å². The average Bonchev–Trinajstić information content (AvgIpc) is 3.37. The standard InChI is InChI=1S/C28H23F2N5O5/c1-34(28(38)39)13-24(36)40-14-18-9-21(29)22(30)10-19(18)15-6-7-23-20(8-15)25(33-27(31)32-23)26(37)35-11-16-4-2-3-5-17(16)12-35/h2-10H,11-14H2,1H3,(H,38,39)(H2,31,32,33). The van der Waals surface area contributed by atoms with Crippen LogP contribution in [0.2, 0.25) is 0 Å². The van der Waals surface area contributed by atoms with Crippen LogP contribution in [0.3, 0.4) is 0 Å². The van der Waals surface area contributed by atoms with Crippen molar-refractivity contribution < 1.29 is 33.0 Å². The fourth-order valence-electron chi connectivity index (χ4n) is 4.54. The Morgan fingerprint density at radius 3 is 2.38 bits per heavy atom. The molecule has 4 aromatic rings. The van der Waals surface area contributed by atoms with Crippen LogP contribution in [0.25, 0.3) is 22.0 Å². The van der Waals surface area contributed by atoms with E-state index in [-0.39, 0.29) is 28.7 Å². The predicted molar refractivity (Wildman–Crippen MR) is 140 cm³/mol. The summed E-state index contributed by atoms with van der Waals surface area (Å²) in [6.07, 6.45) is -1.33. The number of anilines is 1. The molecule has 0 aliphatic carbocycles. The van der Waals surface area contributed by atoms with Gasteiger partial charge in [-0.05, 0) is 46.5 Å². The van der Waals surface area contributed by atoms with E-state index < -0.39 is 36.8 Å². The molecule has 3 aromatic carbocycles. The normalized spacial score (nSPS) is 12.3. The van der Waals surface area contributed by atoms with Gasteiger partial charge in [0.25, 0.3) is 5.91 Å². The van der Waals surface area contributed by atoms with E-state index in [9.17, 15) is 23.2 Å². The molecule has 40 heavy (non-hydrogen) atoms. The van der Waals surface area contributed by atoms with Gasteiger partial charge in [-0.25, -0.2) is 23.5 Å². The number of hydrogen-bond acceptors (Lipinski definition) is 7. The Labute approximate surface area is 226 Å². The molecule has 2 amide bonds. The van der Waals surface area contributed by atoms with Gasteiger partial charge in [-0.1, -0.05) is 30.3 Å². The Balaban J connectivity index is 1.50. The van der Waals surface area contributed by atoms with Crippen molar-refractivity contribution in [3.8, 4) is 11.1 Å². The number of aromatic nitrogens is 2. The first-order valence-corrected chi connectivity index (χ1v) is 12.1. The Morgan fingerprint density at radius 2 is 1.70 bits per heavy atom. The lowest BCUT2D eigenvalue weighted by molar-refractivity contribution is -0.145. The Kier molecular flexibility index (Phi) is 6.99. The van der Waals surface area contributed by atoms with Crippen molar-refractivity contribution in [2.45, 2.75) is 19.7 Å². The highest BCUT2D eigenvalue weighted by Crippen LogP contribution is 2.32. The van der Waals surface area contributed by atoms with Gasteiger partial charge < -0.3 is 25.4 Å². The fraction of sp³-hybridized carbons (Fsp3) is 0.179. The van der Waals surface area contributed by atoms with Crippen molar-refractivity contribution in [3.63, 3.8) is 0 Å². The molecule has 10 nitrogen and oxygen atoms in total. The summed E-state index contributed by atoms with van der Waals surface area (Å²) >= 11 is 0. The Morgan fingerprint density at radius 1 is 1.02 bits per heavy atom. The van der Waals surface area contributed by atoms with Gasteiger partial charge >= 0.3 is 12.1 Å². The van der Waals surface area contributed by atoms with E-state index in [4.69, 9.17) is 15.6 Å². The molecule has 0 fully saturated rings. The van der Waals surface area contributed by atoms with Crippen molar-refractivity contribution in [1.82, 2.24) is 19.8 Å². The van der Waals surface area contributed by atoms with Gasteiger partial charge in [-0.15, -0.1) is 0 Å². The number of esters is 1. The molecular weight excluding hydrogens is 524 g/mol. The zero-order valence-corrected chi connectivity index (χ0v) is 21.2. The third-order valence-corrected chi connectivity index (χ3v) is 6.58. The Bertz CT molecular complexity index is 1650. The van der Waals surface area contributed by atoms with Crippen molar-refractivity contribution >= 4 is 34.8 Å².